The van der Waals surface area contributed by atoms with Crippen LogP contribution in [0.15, 0.2) is 82.8 Å². The van der Waals surface area contributed by atoms with E-state index in [1.165, 1.54) is 0 Å². The Kier molecular flexibility index (Phi) is 6.19. The number of ether oxygens (including phenoxy) is 2. The summed E-state index contributed by atoms with van der Waals surface area (Å²) in [6, 6.07) is 21.1. The fraction of sp³-hybridized carbons (Fsp3) is 0.136. The molecule has 0 atom stereocenters. The summed E-state index contributed by atoms with van der Waals surface area (Å²) in [5.74, 6) is 1.28. The molecule has 0 aliphatic heterocycles. The van der Waals surface area contributed by atoms with Crippen LogP contribution in [0.3, 0.4) is 0 Å². The minimum atomic E-state index is -3.82. The Balaban J connectivity index is 2.05. The molecule has 6 nitrogen and oxygen atoms in total. The molecule has 3 rings (SSSR count). The maximum atomic E-state index is 12.7. The smallest absolute Gasteiger partial charge is 0.276 e. The minimum Gasteiger partial charge on any atom is -0.497 e. The SMILES string of the molecule is COc1cccc(C(=NNS(=O)(=O)c2ccc(C)cc2)c2cccc(OC)c2)c1. The molecular weight excluding hydrogens is 388 g/mol. The van der Waals surface area contributed by atoms with Gasteiger partial charge in [-0.15, -0.1) is 0 Å². The van der Waals surface area contributed by atoms with E-state index in [-0.39, 0.29) is 4.90 Å². The first-order valence-corrected chi connectivity index (χ1v) is 10.4. The largest absolute Gasteiger partial charge is 0.497 e. The summed E-state index contributed by atoms with van der Waals surface area (Å²) in [6.07, 6.45) is 0. The van der Waals surface area contributed by atoms with E-state index in [4.69, 9.17) is 9.47 Å². The first-order chi connectivity index (χ1) is 13.9. The first-order valence-electron chi connectivity index (χ1n) is 8.88. The van der Waals surface area contributed by atoms with Crippen LogP contribution >= 0.6 is 0 Å². The van der Waals surface area contributed by atoms with E-state index in [2.05, 4.69) is 9.93 Å². The summed E-state index contributed by atoms with van der Waals surface area (Å²) in [7, 11) is -0.677. The van der Waals surface area contributed by atoms with Gasteiger partial charge in [0, 0.05) is 11.1 Å². The number of hydrazone groups is 1. The molecule has 0 aliphatic carbocycles. The Bertz CT molecular complexity index is 1070. The molecule has 0 aliphatic rings. The molecule has 0 radical (unpaired) electrons. The van der Waals surface area contributed by atoms with Gasteiger partial charge in [0.15, 0.2) is 0 Å². The monoisotopic (exact) mass is 410 g/mol. The van der Waals surface area contributed by atoms with Gasteiger partial charge in [-0.1, -0.05) is 42.0 Å². The Hall–Kier alpha value is -3.32. The van der Waals surface area contributed by atoms with Crippen molar-refractivity contribution in [3.63, 3.8) is 0 Å². The average Bonchev–Trinajstić information content (AvgIpc) is 2.74. The highest BCUT2D eigenvalue weighted by Crippen LogP contribution is 2.20. The third kappa shape index (κ3) is 4.94. The Morgan fingerprint density at radius 1 is 0.828 bits per heavy atom. The van der Waals surface area contributed by atoms with Gasteiger partial charge in [-0.25, -0.2) is 0 Å². The van der Waals surface area contributed by atoms with Crippen molar-refractivity contribution in [2.24, 2.45) is 5.10 Å². The Morgan fingerprint density at radius 2 is 1.34 bits per heavy atom. The van der Waals surface area contributed by atoms with E-state index in [9.17, 15) is 8.42 Å². The van der Waals surface area contributed by atoms with E-state index in [1.807, 2.05) is 43.3 Å². The number of nitrogens with one attached hydrogen (secondary N) is 1. The van der Waals surface area contributed by atoms with Gasteiger partial charge in [0.25, 0.3) is 10.0 Å². The highest BCUT2D eigenvalue weighted by Gasteiger charge is 2.15. The topological polar surface area (TPSA) is 77.0 Å². The van der Waals surface area contributed by atoms with Crippen LogP contribution in [0.25, 0.3) is 0 Å². The number of rotatable bonds is 7. The van der Waals surface area contributed by atoms with Crippen molar-refractivity contribution in [2.75, 3.05) is 14.2 Å². The van der Waals surface area contributed by atoms with Crippen LogP contribution in [0.1, 0.15) is 16.7 Å². The van der Waals surface area contributed by atoms with E-state index < -0.39 is 10.0 Å². The summed E-state index contributed by atoms with van der Waals surface area (Å²) in [4.78, 5) is 2.49. The average molecular weight is 410 g/mol. The quantitative estimate of drug-likeness (QED) is 0.475. The van der Waals surface area contributed by atoms with Gasteiger partial charge in [-0.05, 0) is 43.3 Å². The molecule has 3 aromatic carbocycles. The molecular formula is C22H22N2O4S. The summed E-state index contributed by atoms with van der Waals surface area (Å²) in [5.41, 5.74) is 2.81. The van der Waals surface area contributed by atoms with Gasteiger partial charge in [0.1, 0.15) is 11.5 Å². The molecule has 3 aromatic rings. The molecule has 0 amide bonds. The molecule has 7 heteroatoms. The van der Waals surface area contributed by atoms with Crippen LogP contribution in [0.5, 0.6) is 11.5 Å². The van der Waals surface area contributed by atoms with Gasteiger partial charge < -0.3 is 9.47 Å². The van der Waals surface area contributed by atoms with Gasteiger partial charge in [-0.2, -0.15) is 18.4 Å². The van der Waals surface area contributed by atoms with Crippen molar-refractivity contribution >= 4 is 15.7 Å². The lowest BCUT2D eigenvalue weighted by Gasteiger charge is -2.11. The molecule has 0 fully saturated rings. The number of nitrogens with zero attached hydrogens (tertiary/aromatic N) is 1. The third-order valence-electron chi connectivity index (χ3n) is 4.30. The molecule has 0 aromatic heterocycles. The van der Waals surface area contributed by atoms with E-state index in [1.54, 1.807) is 50.6 Å². The van der Waals surface area contributed by atoms with Crippen molar-refractivity contribution in [3.05, 3.63) is 89.5 Å². The Labute approximate surface area is 170 Å². The predicted octanol–water partition coefficient (Wildman–Crippen LogP) is 3.74. The van der Waals surface area contributed by atoms with Crippen molar-refractivity contribution in [1.82, 2.24) is 4.83 Å². The summed E-state index contributed by atoms with van der Waals surface area (Å²) >= 11 is 0. The molecule has 0 unspecified atom stereocenters. The van der Waals surface area contributed by atoms with E-state index in [0.717, 1.165) is 5.56 Å². The fourth-order valence-corrected chi connectivity index (χ4v) is 3.52. The third-order valence-corrected chi connectivity index (χ3v) is 5.52. The standard InChI is InChI=1S/C22H22N2O4S/c1-16-10-12-21(13-11-16)29(25,26)24-23-22(17-6-4-8-19(14-17)27-2)18-7-5-9-20(15-18)28-3/h4-15,24H,1-3H3. The number of benzene rings is 3. The molecule has 29 heavy (non-hydrogen) atoms. The van der Waals surface area contributed by atoms with Gasteiger partial charge >= 0.3 is 0 Å². The van der Waals surface area contributed by atoms with E-state index in [0.29, 0.717) is 28.3 Å². The first kappa shape index (κ1) is 20.4. The molecule has 0 saturated heterocycles. The summed E-state index contributed by atoms with van der Waals surface area (Å²) in [5, 5.41) is 4.25. The summed E-state index contributed by atoms with van der Waals surface area (Å²) in [6.45, 7) is 1.89. The van der Waals surface area contributed by atoms with E-state index >= 15 is 0 Å². The second kappa shape index (κ2) is 8.79. The number of sulfonamides is 1. The van der Waals surface area contributed by atoms with Gasteiger partial charge in [0.2, 0.25) is 0 Å². The zero-order valence-electron chi connectivity index (χ0n) is 16.4. The molecule has 150 valence electrons. The lowest BCUT2D eigenvalue weighted by molar-refractivity contribution is 0.414. The van der Waals surface area contributed by atoms with Crippen molar-refractivity contribution in [2.45, 2.75) is 11.8 Å². The second-order valence-electron chi connectivity index (χ2n) is 6.33. The number of methoxy groups -OCH3 is 2. The fourth-order valence-electron chi connectivity index (χ4n) is 2.71. The van der Waals surface area contributed by atoms with Crippen LogP contribution in [-0.2, 0) is 10.0 Å². The number of hydrogen-bond acceptors (Lipinski definition) is 5. The van der Waals surface area contributed by atoms with Gasteiger partial charge in [0.05, 0.1) is 24.8 Å². The van der Waals surface area contributed by atoms with Crippen molar-refractivity contribution in [3.8, 4) is 11.5 Å². The van der Waals surface area contributed by atoms with Crippen molar-refractivity contribution < 1.29 is 17.9 Å². The number of aryl methyl sites for hydroxylation is 1. The highest BCUT2D eigenvalue weighted by atomic mass is 32.2. The van der Waals surface area contributed by atoms with Crippen LogP contribution in [0.2, 0.25) is 0 Å². The van der Waals surface area contributed by atoms with Crippen LogP contribution < -0.4 is 14.3 Å². The molecule has 1 N–H and O–H groups in total. The maximum absolute atomic E-state index is 12.7. The highest BCUT2D eigenvalue weighted by molar-refractivity contribution is 7.89. The zero-order valence-corrected chi connectivity index (χ0v) is 17.2. The van der Waals surface area contributed by atoms with Crippen molar-refractivity contribution in [1.29, 1.82) is 0 Å². The minimum absolute atomic E-state index is 0.141. The lowest BCUT2D eigenvalue weighted by atomic mass is 10.0. The predicted molar refractivity (Wildman–Crippen MR) is 113 cm³/mol. The molecule has 0 spiro atoms. The molecule has 0 bridgehead atoms. The lowest BCUT2D eigenvalue weighted by Crippen LogP contribution is -2.21. The normalized spacial score (nSPS) is 10.9. The van der Waals surface area contributed by atoms with Crippen LogP contribution in [0.4, 0.5) is 0 Å². The molecule has 0 saturated carbocycles. The number of hydrogen-bond donors (Lipinski definition) is 1. The summed E-state index contributed by atoms with van der Waals surface area (Å²) < 4.78 is 36.0. The Morgan fingerprint density at radius 3 is 1.83 bits per heavy atom. The van der Waals surface area contributed by atoms with Gasteiger partial charge in [-0.3, -0.25) is 0 Å². The maximum Gasteiger partial charge on any atom is 0.276 e. The second-order valence-corrected chi connectivity index (χ2v) is 7.99. The molecule has 0 heterocycles. The van der Waals surface area contributed by atoms with Crippen LogP contribution in [-0.4, -0.2) is 28.3 Å². The zero-order chi connectivity index (χ0) is 20.9. The van der Waals surface area contributed by atoms with Crippen LogP contribution in [0, 0.1) is 6.92 Å².